The highest BCUT2D eigenvalue weighted by Gasteiger charge is 2.62. The van der Waals surface area contributed by atoms with Crippen LogP contribution in [-0.2, 0) is 11.3 Å². The Labute approximate surface area is 180 Å². The van der Waals surface area contributed by atoms with Gasteiger partial charge in [0.15, 0.2) is 11.5 Å². The molecule has 1 amide bonds. The molecule has 160 valence electrons. The van der Waals surface area contributed by atoms with E-state index in [2.05, 4.69) is 20.6 Å². The van der Waals surface area contributed by atoms with E-state index < -0.39 is 0 Å². The molecule has 7 nitrogen and oxygen atoms in total. The Morgan fingerprint density at radius 1 is 1.37 bits per heavy atom. The summed E-state index contributed by atoms with van der Waals surface area (Å²) in [6.45, 7) is 3.48. The largest absolute Gasteiger partial charge is 0.493 e. The van der Waals surface area contributed by atoms with Gasteiger partial charge in [-0.2, -0.15) is 0 Å². The van der Waals surface area contributed by atoms with Crippen LogP contribution in [0.3, 0.4) is 0 Å². The zero-order valence-electron chi connectivity index (χ0n) is 17.3. The maximum atomic E-state index is 12.8. The Morgan fingerprint density at radius 2 is 2.23 bits per heavy atom. The Bertz CT molecular complexity index is 921. The van der Waals surface area contributed by atoms with Gasteiger partial charge in [-0.05, 0) is 31.0 Å². The smallest absolute Gasteiger partial charge is 0.251 e. The highest BCUT2D eigenvalue weighted by Crippen LogP contribution is 2.54. The lowest BCUT2D eigenvalue weighted by Gasteiger charge is -2.29. The van der Waals surface area contributed by atoms with Crippen LogP contribution in [0, 0.1) is 11.8 Å². The number of amides is 1. The first-order valence-corrected chi connectivity index (χ1v) is 11.3. The van der Waals surface area contributed by atoms with Gasteiger partial charge in [0.05, 0.1) is 37.1 Å². The monoisotopic (exact) mass is 429 g/mol. The van der Waals surface area contributed by atoms with Crippen LogP contribution in [0.5, 0.6) is 11.5 Å². The van der Waals surface area contributed by atoms with Gasteiger partial charge in [-0.1, -0.05) is 0 Å². The summed E-state index contributed by atoms with van der Waals surface area (Å²) in [6, 6.07) is 5.25. The van der Waals surface area contributed by atoms with E-state index in [9.17, 15) is 4.79 Å². The molecule has 1 aromatic heterocycles. The normalized spacial score (nSPS) is 29.7. The summed E-state index contributed by atoms with van der Waals surface area (Å²) in [5.41, 5.74) is 3.55. The molecule has 4 atom stereocenters. The number of rotatable bonds is 7. The zero-order valence-corrected chi connectivity index (χ0v) is 18.1. The molecule has 1 spiro atoms. The number of likely N-dealkylation sites (tertiary alicyclic amines) is 1. The summed E-state index contributed by atoms with van der Waals surface area (Å²) < 4.78 is 17.1. The average molecular weight is 430 g/mol. The maximum Gasteiger partial charge on any atom is 0.251 e. The molecule has 1 N–H and O–H groups in total. The van der Waals surface area contributed by atoms with Crippen molar-refractivity contribution in [2.24, 2.45) is 11.8 Å². The van der Waals surface area contributed by atoms with Crippen molar-refractivity contribution in [2.75, 3.05) is 33.9 Å². The van der Waals surface area contributed by atoms with Gasteiger partial charge in [0.25, 0.3) is 5.91 Å². The third-order valence-corrected chi connectivity index (χ3v) is 7.50. The lowest BCUT2D eigenvalue weighted by molar-refractivity contribution is 0.00205. The molecule has 0 aliphatic carbocycles. The number of carbonyl (C=O) groups is 1. The standard InChI is InChI=1S/C22H27N3O4S/c1-27-19-4-3-14(7-20(19)28-2)21(26)23-8-16-17-10-25(9-15-11-30-13-24-15)12-22(17)6-5-18(16)29-22/h3-4,7,11,13,16-18H,5-6,8-10,12H2,1-2H3,(H,23,26)/t16-,17+,18+,22+/m0/s1. The van der Waals surface area contributed by atoms with Crippen LogP contribution in [0.15, 0.2) is 29.1 Å². The lowest BCUT2D eigenvalue weighted by atomic mass is 9.73. The van der Waals surface area contributed by atoms with Crippen molar-refractivity contribution in [3.05, 3.63) is 40.3 Å². The second kappa shape index (κ2) is 7.83. The van der Waals surface area contributed by atoms with Crippen molar-refractivity contribution < 1.29 is 19.0 Å². The Morgan fingerprint density at radius 3 is 3.00 bits per heavy atom. The Balaban J connectivity index is 1.24. The number of benzene rings is 1. The minimum Gasteiger partial charge on any atom is -0.493 e. The third-order valence-electron chi connectivity index (χ3n) is 6.87. The highest BCUT2D eigenvalue weighted by atomic mass is 32.1. The zero-order chi connectivity index (χ0) is 20.7. The molecule has 5 rings (SSSR count). The summed E-state index contributed by atoms with van der Waals surface area (Å²) in [6.07, 6.45) is 2.45. The lowest BCUT2D eigenvalue weighted by Crippen LogP contribution is -2.41. The molecule has 8 heteroatoms. The van der Waals surface area contributed by atoms with Crippen LogP contribution in [0.4, 0.5) is 0 Å². The molecule has 0 saturated carbocycles. The molecule has 4 heterocycles. The van der Waals surface area contributed by atoms with Crippen LogP contribution in [0.1, 0.15) is 28.9 Å². The van der Waals surface area contributed by atoms with Gasteiger partial charge in [-0.3, -0.25) is 9.69 Å². The van der Waals surface area contributed by atoms with E-state index in [1.165, 1.54) is 0 Å². The van der Waals surface area contributed by atoms with Crippen LogP contribution >= 0.6 is 11.3 Å². The van der Waals surface area contributed by atoms with E-state index in [0.717, 1.165) is 38.2 Å². The number of fused-ring (bicyclic) bond motifs is 1. The summed E-state index contributed by atoms with van der Waals surface area (Å²) in [5, 5.41) is 5.26. The minimum absolute atomic E-state index is 0.0422. The first-order valence-electron chi connectivity index (χ1n) is 10.4. The van der Waals surface area contributed by atoms with E-state index in [1.807, 2.05) is 5.51 Å². The number of thiazole rings is 1. The summed E-state index contributed by atoms with van der Waals surface area (Å²) in [7, 11) is 3.16. The first kappa shape index (κ1) is 19.8. The molecule has 30 heavy (non-hydrogen) atoms. The molecule has 3 aliphatic rings. The number of methoxy groups -OCH3 is 2. The fourth-order valence-electron chi connectivity index (χ4n) is 5.51. The predicted octanol–water partition coefficient (Wildman–Crippen LogP) is 2.57. The second-order valence-electron chi connectivity index (χ2n) is 8.46. The van der Waals surface area contributed by atoms with Gasteiger partial charge in [0.2, 0.25) is 0 Å². The van der Waals surface area contributed by atoms with Crippen LogP contribution in [0.2, 0.25) is 0 Å². The molecule has 2 bridgehead atoms. The molecular formula is C22H27N3O4S. The van der Waals surface area contributed by atoms with Gasteiger partial charge < -0.3 is 19.5 Å². The van der Waals surface area contributed by atoms with Gasteiger partial charge in [-0.15, -0.1) is 11.3 Å². The van der Waals surface area contributed by atoms with E-state index in [-0.39, 0.29) is 17.6 Å². The number of hydrogen-bond acceptors (Lipinski definition) is 7. The summed E-state index contributed by atoms with van der Waals surface area (Å²) >= 11 is 1.64. The average Bonchev–Trinajstić information content (AvgIpc) is 3.53. The molecule has 3 saturated heterocycles. The molecule has 2 aromatic rings. The molecule has 0 unspecified atom stereocenters. The van der Waals surface area contributed by atoms with Crippen molar-refractivity contribution >= 4 is 17.2 Å². The maximum absolute atomic E-state index is 12.8. The highest BCUT2D eigenvalue weighted by molar-refractivity contribution is 7.07. The molecule has 3 aliphatic heterocycles. The molecule has 3 fully saturated rings. The molecule has 0 radical (unpaired) electrons. The molecule has 1 aromatic carbocycles. The SMILES string of the molecule is COc1ccc(C(=O)NC[C@H]2[C@H]3CN(Cc4cscn4)C[C@]34CC[C@H]2O4)cc1OC. The van der Waals surface area contributed by atoms with Crippen molar-refractivity contribution in [3.8, 4) is 11.5 Å². The number of nitrogens with zero attached hydrogens (tertiary/aromatic N) is 2. The number of ether oxygens (including phenoxy) is 3. The quantitative estimate of drug-likeness (QED) is 0.729. The van der Waals surface area contributed by atoms with E-state index in [1.54, 1.807) is 43.8 Å². The number of carbonyl (C=O) groups excluding carboxylic acids is 1. The van der Waals surface area contributed by atoms with Crippen LogP contribution in [-0.4, -0.2) is 61.3 Å². The first-order chi connectivity index (χ1) is 14.6. The van der Waals surface area contributed by atoms with Crippen LogP contribution in [0.25, 0.3) is 0 Å². The topological polar surface area (TPSA) is 72.9 Å². The van der Waals surface area contributed by atoms with E-state index in [0.29, 0.717) is 35.4 Å². The predicted molar refractivity (Wildman–Crippen MR) is 113 cm³/mol. The summed E-state index contributed by atoms with van der Waals surface area (Å²) in [5.74, 6) is 1.89. The van der Waals surface area contributed by atoms with Crippen molar-refractivity contribution in [1.82, 2.24) is 15.2 Å². The van der Waals surface area contributed by atoms with Gasteiger partial charge in [0, 0.05) is 49.0 Å². The number of nitrogens with one attached hydrogen (secondary N) is 1. The van der Waals surface area contributed by atoms with Crippen LogP contribution < -0.4 is 14.8 Å². The fraction of sp³-hybridized carbons (Fsp3) is 0.545. The number of aromatic nitrogens is 1. The Hall–Kier alpha value is -2.16. The van der Waals surface area contributed by atoms with E-state index in [4.69, 9.17) is 14.2 Å². The van der Waals surface area contributed by atoms with E-state index >= 15 is 0 Å². The van der Waals surface area contributed by atoms with Gasteiger partial charge in [0.1, 0.15) is 0 Å². The second-order valence-corrected chi connectivity index (χ2v) is 9.18. The third kappa shape index (κ3) is 3.36. The minimum atomic E-state index is -0.0925. The number of hydrogen-bond donors (Lipinski definition) is 1. The van der Waals surface area contributed by atoms with Gasteiger partial charge in [-0.25, -0.2) is 4.98 Å². The van der Waals surface area contributed by atoms with Crippen molar-refractivity contribution in [2.45, 2.75) is 31.1 Å². The van der Waals surface area contributed by atoms with Gasteiger partial charge >= 0.3 is 0 Å². The molecular weight excluding hydrogens is 402 g/mol. The fourth-order valence-corrected chi connectivity index (χ4v) is 6.06. The van der Waals surface area contributed by atoms with Crippen molar-refractivity contribution in [3.63, 3.8) is 0 Å². The Kier molecular flexibility index (Phi) is 5.16. The summed E-state index contributed by atoms with van der Waals surface area (Å²) in [4.78, 5) is 19.7. The van der Waals surface area contributed by atoms with Crippen molar-refractivity contribution in [1.29, 1.82) is 0 Å².